The van der Waals surface area contributed by atoms with Crippen molar-refractivity contribution in [1.29, 1.82) is 0 Å². The molecule has 0 radical (unpaired) electrons. The predicted molar refractivity (Wildman–Crippen MR) is 68.9 cm³/mol. The lowest BCUT2D eigenvalue weighted by Crippen LogP contribution is -2.28. The molecule has 0 fully saturated rings. The molecular weight excluding hydrogens is 293 g/mol. The Morgan fingerprint density at radius 2 is 2.31 bits per heavy atom. The molecule has 0 saturated carbocycles. The second-order valence-electron chi connectivity index (χ2n) is 3.24. The number of anilines is 1. The molecule has 0 saturated heterocycles. The summed E-state index contributed by atoms with van der Waals surface area (Å²) >= 11 is 9.32. The van der Waals surface area contributed by atoms with Crippen LogP contribution in [0.25, 0.3) is 0 Å². The maximum Gasteiger partial charge on any atom is 0.328 e. The number of nitrogens with one attached hydrogen (secondary N) is 1. The second-order valence-corrected chi connectivity index (χ2v) is 4.57. The van der Waals surface area contributed by atoms with Crippen LogP contribution in [-0.2, 0) is 9.53 Å². The molecule has 88 valence electrons. The number of carbonyl (C=O) groups excluding carboxylic acids is 1. The third kappa shape index (κ3) is 3.68. The highest BCUT2D eigenvalue weighted by Crippen LogP contribution is 2.26. The van der Waals surface area contributed by atoms with E-state index >= 15 is 0 Å². The van der Waals surface area contributed by atoms with Gasteiger partial charge < -0.3 is 10.1 Å². The van der Waals surface area contributed by atoms with Crippen LogP contribution in [0.2, 0.25) is 5.02 Å². The van der Waals surface area contributed by atoms with Gasteiger partial charge in [0.2, 0.25) is 0 Å². The maximum absolute atomic E-state index is 11.4. The molecule has 1 aromatic carbocycles. The molecule has 0 aliphatic heterocycles. The minimum atomic E-state index is -0.418. The van der Waals surface area contributed by atoms with Crippen LogP contribution in [0.1, 0.15) is 13.8 Å². The average molecular weight is 307 g/mol. The van der Waals surface area contributed by atoms with Crippen molar-refractivity contribution in [3.8, 4) is 0 Å². The van der Waals surface area contributed by atoms with Crippen LogP contribution in [0, 0.1) is 0 Å². The Bertz CT molecular complexity index is 384. The van der Waals surface area contributed by atoms with Crippen LogP contribution >= 0.6 is 27.5 Å². The summed E-state index contributed by atoms with van der Waals surface area (Å²) in [6.45, 7) is 3.88. The van der Waals surface area contributed by atoms with Gasteiger partial charge in [-0.1, -0.05) is 27.5 Å². The SMILES string of the molecule is CCOC(=O)C(C)Nc1ccc(Br)cc1Cl. The molecule has 0 aliphatic rings. The zero-order valence-corrected chi connectivity index (χ0v) is 11.4. The van der Waals surface area contributed by atoms with Crippen LogP contribution < -0.4 is 5.32 Å². The Hall–Kier alpha value is -0.740. The molecule has 5 heteroatoms. The van der Waals surface area contributed by atoms with Crippen LogP contribution in [-0.4, -0.2) is 18.6 Å². The first-order chi connectivity index (χ1) is 7.54. The van der Waals surface area contributed by atoms with Crippen molar-refractivity contribution in [2.75, 3.05) is 11.9 Å². The van der Waals surface area contributed by atoms with E-state index in [0.717, 1.165) is 4.47 Å². The lowest BCUT2D eigenvalue weighted by molar-refractivity contribution is -0.143. The molecule has 0 bridgehead atoms. The lowest BCUT2D eigenvalue weighted by Gasteiger charge is -2.14. The number of carbonyl (C=O) groups is 1. The Kier molecular flexibility index (Phi) is 5.09. The van der Waals surface area contributed by atoms with E-state index in [4.69, 9.17) is 16.3 Å². The summed E-state index contributed by atoms with van der Waals surface area (Å²) in [5.41, 5.74) is 0.713. The van der Waals surface area contributed by atoms with Crippen LogP contribution in [0.5, 0.6) is 0 Å². The van der Waals surface area contributed by atoms with Gasteiger partial charge in [0.25, 0.3) is 0 Å². The van der Waals surface area contributed by atoms with Crippen molar-refractivity contribution >= 4 is 39.2 Å². The van der Waals surface area contributed by atoms with Crippen molar-refractivity contribution in [1.82, 2.24) is 0 Å². The smallest absolute Gasteiger partial charge is 0.328 e. The van der Waals surface area contributed by atoms with Crippen LogP contribution in [0.3, 0.4) is 0 Å². The van der Waals surface area contributed by atoms with Gasteiger partial charge in [-0.2, -0.15) is 0 Å². The standard InChI is InChI=1S/C11H13BrClNO2/c1-3-16-11(15)7(2)14-10-5-4-8(12)6-9(10)13/h4-7,14H,3H2,1-2H3. The molecule has 0 spiro atoms. The highest BCUT2D eigenvalue weighted by molar-refractivity contribution is 9.10. The Morgan fingerprint density at radius 1 is 1.62 bits per heavy atom. The molecule has 1 N–H and O–H groups in total. The first-order valence-electron chi connectivity index (χ1n) is 4.92. The quantitative estimate of drug-likeness (QED) is 0.866. The average Bonchev–Trinajstić information content (AvgIpc) is 2.22. The molecular formula is C11H13BrClNO2. The second kappa shape index (κ2) is 6.11. The summed E-state index contributed by atoms with van der Waals surface area (Å²) in [6.07, 6.45) is 0. The highest BCUT2D eigenvalue weighted by Gasteiger charge is 2.14. The first kappa shape index (κ1) is 13.3. The van der Waals surface area contributed by atoms with E-state index in [-0.39, 0.29) is 5.97 Å². The molecule has 0 aromatic heterocycles. The van der Waals surface area contributed by atoms with Crippen molar-refractivity contribution in [2.45, 2.75) is 19.9 Å². The fraction of sp³-hybridized carbons (Fsp3) is 0.364. The number of hydrogen-bond donors (Lipinski definition) is 1. The molecule has 0 amide bonds. The monoisotopic (exact) mass is 305 g/mol. The summed E-state index contributed by atoms with van der Waals surface area (Å²) in [6, 6.07) is 5.01. The number of hydrogen-bond acceptors (Lipinski definition) is 3. The van der Waals surface area contributed by atoms with E-state index in [1.807, 2.05) is 12.1 Å². The minimum absolute atomic E-state index is 0.290. The van der Waals surface area contributed by atoms with Gasteiger partial charge in [-0.3, -0.25) is 0 Å². The molecule has 1 unspecified atom stereocenters. The molecule has 1 rings (SSSR count). The number of benzene rings is 1. The number of esters is 1. The Morgan fingerprint density at radius 3 is 2.88 bits per heavy atom. The van der Waals surface area contributed by atoms with Gasteiger partial charge in [0.15, 0.2) is 0 Å². The summed E-state index contributed by atoms with van der Waals surface area (Å²) in [7, 11) is 0. The highest BCUT2D eigenvalue weighted by atomic mass is 79.9. The number of rotatable bonds is 4. The van der Waals surface area contributed by atoms with Gasteiger partial charge in [0.1, 0.15) is 6.04 Å². The predicted octanol–water partition coefficient (Wildman–Crippen LogP) is 3.47. The molecule has 16 heavy (non-hydrogen) atoms. The van der Waals surface area contributed by atoms with Gasteiger partial charge in [-0.15, -0.1) is 0 Å². The van der Waals surface area contributed by atoms with Gasteiger partial charge in [-0.25, -0.2) is 4.79 Å². The van der Waals surface area contributed by atoms with E-state index in [2.05, 4.69) is 21.2 Å². The largest absolute Gasteiger partial charge is 0.464 e. The Labute approximate surface area is 108 Å². The summed E-state index contributed by atoms with van der Waals surface area (Å²) < 4.78 is 5.78. The van der Waals surface area contributed by atoms with E-state index < -0.39 is 6.04 Å². The molecule has 1 atom stereocenters. The fourth-order valence-electron chi connectivity index (χ4n) is 1.17. The van der Waals surface area contributed by atoms with Crippen LogP contribution in [0.15, 0.2) is 22.7 Å². The summed E-state index contributed by atoms with van der Waals surface area (Å²) in [5, 5.41) is 3.56. The minimum Gasteiger partial charge on any atom is -0.464 e. The van der Waals surface area contributed by atoms with Crippen molar-refractivity contribution in [2.24, 2.45) is 0 Å². The zero-order valence-electron chi connectivity index (χ0n) is 9.09. The van der Waals surface area contributed by atoms with Gasteiger partial charge in [-0.05, 0) is 32.0 Å². The Balaban J connectivity index is 2.69. The lowest BCUT2D eigenvalue weighted by atomic mass is 10.2. The maximum atomic E-state index is 11.4. The van der Waals surface area contributed by atoms with Gasteiger partial charge >= 0.3 is 5.97 Å². The molecule has 0 heterocycles. The van der Waals surface area contributed by atoms with Crippen LogP contribution in [0.4, 0.5) is 5.69 Å². The van der Waals surface area contributed by atoms with E-state index in [1.54, 1.807) is 19.9 Å². The summed E-state index contributed by atoms with van der Waals surface area (Å²) in [4.78, 5) is 11.4. The third-order valence-corrected chi connectivity index (χ3v) is 2.75. The van der Waals surface area contributed by atoms with E-state index in [1.165, 1.54) is 0 Å². The van der Waals surface area contributed by atoms with Crippen molar-refractivity contribution < 1.29 is 9.53 Å². The van der Waals surface area contributed by atoms with Gasteiger partial charge in [0, 0.05) is 4.47 Å². The molecule has 0 aliphatic carbocycles. The normalized spacial score (nSPS) is 12.0. The van der Waals surface area contributed by atoms with E-state index in [9.17, 15) is 4.79 Å². The fourth-order valence-corrected chi connectivity index (χ4v) is 1.89. The number of halogens is 2. The molecule has 3 nitrogen and oxygen atoms in total. The first-order valence-corrected chi connectivity index (χ1v) is 6.10. The zero-order chi connectivity index (χ0) is 12.1. The van der Waals surface area contributed by atoms with Crippen molar-refractivity contribution in [3.05, 3.63) is 27.7 Å². The summed E-state index contributed by atoms with van der Waals surface area (Å²) in [5.74, 6) is -0.290. The van der Waals surface area contributed by atoms with Crippen molar-refractivity contribution in [3.63, 3.8) is 0 Å². The topological polar surface area (TPSA) is 38.3 Å². The molecule has 1 aromatic rings. The van der Waals surface area contributed by atoms with E-state index in [0.29, 0.717) is 17.3 Å². The van der Waals surface area contributed by atoms with Gasteiger partial charge in [0.05, 0.1) is 17.3 Å². The third-order valence-electron chi connectivity index (χ3n) is 1.94. The number of ether oxygens (including phenoxy) is 1.